The number of nitrogens with zero attached hydrogens (tertiary/aromatic N) is 3. The summed E-state index contributed by atoms with van der Waals surface area (Å²) in [4.78, 5) is 35.1. The van der Waals surface area contributed by atoms with Crippen LogP contribution < -0.4 is 10.7 Å². The van der Waals surface area contributed by atoms with Gasteiger partial charge in [-0.05, 0) is 12.1 Å². The molecule has 136 valence electrons. The summed E-state index contributed by atoms with van der Waals surface area (Å²) in [5, 5.41) is 28.7. The third-order valence-corrected chi connectivity index (χ3v) is 3.63. The van der Waals surface area contributed by atoms with E-state index in [9.17, 15) is 25.0 Å². The summed E-state index contributed by atoms with van der Waals surface area (Å²) in [5.74, 6) is 0. The van der Waals surface area contributed by atoms with Crippen molar-refractivity contribution >= 4 is 40.2 Å². The number of urea groups is 1. The van der Waals surface area contributed by atoms with E-state index in [1.807, 2.05) is 24.3 Å². The van der Waals surface area contributed by atoms with Crippen molar-refractivity contribution in [3.05, 3.63) is 74.5 Å². The number of carbonyl (C=O) groups is 1. The standard InChI is InChI=1S/C16H12N6O5/c23-16(19-14-6-5-11(21(24)25)7-15(14)22(26)27)20-18-9-10-8-17-13-4-2-1-3-12(10)13/h1-9,17H,(H2,19,20,23)/b18-9+. The second-order valence-electron chi connectivity index (χ2n) is 5.33. The average Bonchev–Trinajstić information content (AvgIpc) is 3.05. The quantitative estimate of drug-likeness (QED) is 0.358. The number of hydrogen-bond acceptors (Lipinski definition) is 6. The number of amides is 2. The van der Waals surface area contributed by atoms with Crippen molar-refractivity contribution in [1.82, 2.24) is 10.4 Å². The Balaban J connectivity index is 1.70. The van der Waals surface area contributed by atoms with Crippen LogP contribution in [0.2, 0.25) is 0 Å². The molecule has 11 heteroatoms. The Bertz CT molecular complexity index is 1070. The molecular formula is C16H12N6O5. The molecule has 0 aliphatic rings. The molecule has 0 spiro atoms. The zero-order chi connectivity index (χ0) is 19.4. The highest BCUT2D eigenvalue weighted by molar-refractivity contribution is 5.99. The zero-order valence-electron chi connectivity index (χ0n) is 13.6. The molecule has 1 aromatic heterocycles. The lowest BCUT2D eigenvalue weighted by Crippen LogP contribution is -2.24. The lowest BCUT2D eigenvalue weighted by atomic mass is 10.2. The second kappa shape index (κ2) is 7.31. The number of H-pyrrole nitrogens is 1. The molecule has 3 aromatic rings. The minimum Gasteiger partial charge on any atom is -0.361 e. The molecule has 0 aliphatic carbocycles. The Morgan fingerprint density at radius 1 is 1.11 bits per heavy atom. The van der Waals surface area contributed by atoms with Crippen molar-refractivity contribution in [3.8, 4) is 0 Å². The highest BCUT2D eigenvalue weighted by Gasteiger charge is 2.20. The fourth-order valence-electron chi connectivity index (χ4n) is 2.40. The van der Waals surface area contributed by atoms with Gasteiger partial charge in [-0.1, -0.05) is 18.2 Å². The molecule has 0 saturated carbocycles. The predicted octanol–water partition coefficient (Wildman–Crippen LogP) is 3.14. The molecule has 3 N–H and O–H groups in total. The van der Waals surface area contributed by atoms with E-state index in [1.54, 1.807) is 6.20 Å². The maximum Gasteiger partial charge on any atom is 0.339 e. The van der Waals surface area contributed by atoms with Gasteiger partial charge in [0, 0.05) is 28.7 Å². The van der Waals surface area contributed by atoms with Gasteiger partial charge in [0.15, 0.2) is 0 Å². The number of hydrazone groups is 1. The van der Waals surface area contributed by atoms with Crippen LogP contribution in [0.5, 0.6) is 0 Å². The lowest BCUT2D eigenvalue weighted by molar-refractivity contribution is -0.393. The number of anilines is 1. The van der Waals surface area contributed by atoms with Crippen molar-refractivity contribution in [1.29, 1.82) is 0 Å². The van der Waals surface area contributed by atoms with Crippen LogP contribution in [0.15, 0.2) is 53.8 Å². The summed E-state index contributed by atoms with van der Waals surface area (Å²) in [6.45, 7) is 0. The lowest BCUT2D eigenvalue weighted by Gasteiger charge is -2.05. The Kier molecular flexibility index (Phi) is 4.75. The molecule has 2 amide bonds. The first kappa shape index (κ1) is 17.5. The second-order valence-corrected chi connectivity index (χ2v) is 5.33. The van der Waals surface area contributed by atoms with Gasteiger partial charge in [-0.3, -0.25) is 20.2 Å². The Hall–Kier alpha value is -4.28. The van der Waals surface area contributed by atoms with Crippen molar-refractivity contribution in [3.63, 3.8) is 0 Å². The number of carbonyl (C=O) groups excluding carboxylic acids is 1. The highest BCUT2D eigenvalue weighted by atomic mass is 16.6. The van der Waals surface area contributed by atoms with Crippen molar-refractivity contribution in [2.24, 2.45) is 5.10 Å². The number of nitro groups is 2. The average molecular weight is 368 g/mol. The van der Waals surface area contributed by atoms with Crippen LogP contribution in [0.4, 0.5) is 21.9 Å². The van der Waals surface area contributed by atoms with E-state index in [4.69, 9.17) is 0 Å². The van der Waals surface area contributed by atoms with Gasteiger partial charge in [0.05, 0.1) is 22.1 Å². The first-order valence-electron chi connectivity index (χ1n) is 7.54. The topological polar surface area (TPSA) is 156 Å². The van der Waals surface area contributed by atoms with Crippen molar-refractivity contribution in [2.75, 3.05) is 5.32 Å². The van der Waals surface area contributed by atoms with Crippen LogP contribution in [-0.4, -0.2) is 27.1 Å². The monoisotopic (exact) mass is 368 g/mol. The van der Waals surface area contributed by atoms with Gasteiger partial charge in [0.2, 0.25) is 0 Å². The Labute approximate surface area is 151 Å². The summed E-state index contributed by atoms with van der Waals surface area (Å²) in [5.41, 5.74) is 2.60. The number of hydrogen-bond donors (Lipinski definition) is 3. The molecule has 11 nitrogen and oxygen atoms in total. The fraction of sp³-hybridized carbons (Fsp3) is 0. The van der Waals surface area contributed by atoms with Crippen LogP contribution >= 0.6 is 0 Å². The number of non-ortho nitro benzene ring substituents is 1. The smallest absolute Gasteiger partial charge is 0.339 e. The molecular weight excluding hydrogens is 356 g/mol. The predicted molar refractivity (Wildman–Crippen MR) is 97.8 cm³/mol. The minimum atomic E-state index is -0.831. The van der Waals surface area contributed by atoms with Gasteiger partial charge in [0.25, 0.3) is 11.4 Å². The third kappa shape index (κ3) is 3.87. The van der Waals surface area contributed by atoms with Crippen LogP contribution in [0.25, 0.3) is 10.9 Å². The number of nitrogens with one attached hydrogen (secondary N) is 3. The fourth-order valence-corrected chi connectivity index (χ4v) is 2.40. The van der Waals surface area contributed by atoms with E-state index in [0.717, 1.165) is 34.7 Å². The summed E-state index contributed by atoms with van der Waals surface area (Å²) in [7, 11) is 0. The number of nitro benzene ring substituents is 2. The molecule has 0 atom stereocenters. The minimum absolute atomic E-state index is 0.189. The van der Waals surface area contributed by atoms with E-state index in [2.05, 4.69) is 20.8 Å². The third-order valence-electron chi connectivity index (χ3n) is 3.63. The summed E-state index contributed by atoms with van der Waals surface area (Å²) in [6.07, 6.45) is 3.14. The van der Waals surface area contributed by atoms with Crippen LogP contribution in [-0.2, 0) is 0 Å². The van der Waals surface area contributed by atoms with Crippen LogP contribution in [0.1, 0.15) is 5.56 Å². The molecule has 0 saturated heterocycles. The van der Waals surface area contributed by atoms with E-state index in [-0.39, 0.29) is 5.69 Å². The van der Waals surface area contributed by atoms with Gasteiger partial charge >= 0.3 is 6.03 Å². The number of para-hydroxylation sites is 1. The molecule has 0 bridgehead atoms. The normalized spacial score (nSPS) is 10.8. The first-order chi connectivity index (χ1) is 13.0. The zero-order valence-corrected chi connectivity index (χ0v) is 13.6. The van der Waals surface area contributed by atoms with Crippen LogP contribution in [0, 0.1) is 20.2 Å². The molecule has 1 heterocycles. The highest BCUT2D eigenvalue weighted by Crippen LogP contribution is 2.28. The van der Waals surface area contributed by atoms with Gasteiger partial charge in [0.1, 0.15) is 5.69 Å². The van der Waals surface area contributed by atoms with Crippen LogP contribution in [0.3, 0.4) is 0 Å². The number of rotatable bonds is 5. The largest absolute Gasteiger partial charge is 0.361 e. The van der Waals surface area contributed by atoms with E-state index >= 15 is 0 Å². The number of aromatic amines is 1. The van der Waals surface area contributed by atoms with E-state index < -0.39 is 27.3 Å². The Morgan fingerprint density at radius 3 is 2.63 bits per heavy atom. The molecule has 0 radical (unpaired) electrons. The molecule has 0 unspecified atom stereocenters. The number of aromatic nitrogens is 1. The summed E-state index contributed by atoms with van der Waals surface area (Å²) >= 11 is 0. The number of fused-ring (bicyclic) bond motifs is 1. The van der Waals surface area contributed by atoms with Crippen molar-refractivity contribution < 1.29 is 14.6 Å². The maximum absolute atomic E-state index is 11.9. The molecule has 0 aliphatic heterocycles. The van der Waals surface area contributed by atoms with Gasteiger partial charge in [-0.25, -0.2) is 10.2 Å². The number of benzene rings is 2. The van der Waals surface area contributed by atoms with E-state index in [1.165, 1.54) is 6.21 Å². The first-order valence-corrected chi connectivity index (χ1v) is 7.54. The maximum atomic E-state index is 11.9. The van der Waals surface area contributed by atoms with Gasteiger partial charge in [-0.15, -0.1) is 0 Å². The molecule has 3 rings (SSSR count). The van der Waals surface area contributed by atoms with Gasteiger partial charge in [-0.2, -0.15) is 5.10 Å². The Morgan fingerprint density at radius 2 is 1.89 bits per heavy atom. The van der Waals surface area contributed by atoms with Gasteiger partial charge < -0.3 is 10.3 Å². The SMILES string of the molecule is O=C(N/N=C/c1c[nH]c2ccccc12)Nc1ccc([N+](=O)[O-])cc1[N+](=O)[O-]. The van der Waals surface area contributed by atoms with E-state index in [0.29, 0.717) is 0 Å². The molecule has 0 fully saturated rings. The summed E-state index contributed by atoms with van der Waals surface area (Å²) < 4.78 is 0. The van der Waals surface area contributed by atoms with Crippen molar-refractivity contribution in [2.45, 2.75) is 0 Å². The summed E-state index contributed by atoms with van der Waals surface area (Å²) in [6, 6.07) is 9.59. The molecule has 27 heavy (non-hydrogen) atoms. The molecule has 2 aromatic carbocycles.